The summed E-state index contributed by atoms with van der Waals surface area (Å²) in [5.41, 5.74) is 7.60. The number of aromatic nitrogens is 1. The van der Waals surface area contributed by atoms with Crippen LogP contribution in [0.15, 0.2) is 221 Å². The number of para-hydroxylation sites is 1. The molecule has 12 rings (SSSR count). The quantitative estimate of drug-likeness (QED) is 0.0917. The zero-order valence-electron chi connectivity index (χ0n) is 32.5. The van der Waals surface area contributed by atoms with Crippen molar-refractivity contribution in [2.75, 3.05) is 4.90 Å². The average molecular weight is 785 g/mol. The third-order valence-corrected chi connectivity index (χ3v) is 15.1. The summed E-state index contributed by atoms with van der Waals surface area (Å²) < 4.78 is 13.1. The molecule has 0 amide bonds. The fraction of sp³-hybridized carbons (Fsp3) is 0. The van der Waals surface area contributed by atoms with Crippen LogP contribution in [0.25, 0.3) is 76.8 Å². The predicted octanol–water partition coefficient (Wildman–Crippen LogP) is 12.6. The van der Waals surface area contributed by atoms with Crippen LogP contribution in [0.2, 0.25) is 0 Å². The van der Waals surface area contributed by atoms with Gasteiger partial charge in [0.15, 0.2) is 5.58 Å². The Balaban J connectivity index is 1.12. The largest absolute Gasteiger partial charge is 0.456 e. The highest BCUT2D eigenvalue weighted by Gasteiger charge is 2.23. The zero-order valence-corrected chi connectivity index (χ0v) is 33.7. The lowest BCUT2D eigenvalue weighted by Crippen LogP contribution is -2.51. The van der Waals surface area contributed by atoms with Gasteiger partial charge < -0.3 is 13.7 Å². The van der Waals surface area contributed by atoms with E-state index in [9.17, 15) is 0 Å². The van der Waals surface area contributed by atoms with Crippen LogP contribution >= 0.6 is 0 Å². The minimum atomic E-state index is -1.85. The molecule has 4 nitrogen and oxygen atoms in total. The smallest absolute Gasteiger partial charge is 0.227 e. The lowest BCUT2D eigenvalue weighted by atomic mass is 9.99. The summed E-state index contributed by atoms with van der Waals surface area (Å²) >= 11 is 0. The molecule has 60 heavy (non-hydrogen) atoms. The lowest BCUT2D eigenvalue weighted by molar-refractivity contribution is 0.623. The minimum Gasteiger partial charge on any atom is -0.456 e. The van der Waals surface area contributed by atoms with Gasteiger partial charge in [-0.05, 0) is 88.3 Å². The fourth-order valence-electron chi connectivity index (χ4n) is 9.17. The first-order chi connectivity index (χ1) is 29.7. The molecule has 282 valence electrons. The summed E-state index contributed by atoms with van der Waals surface area (Å²) in [7, 11) is -1.85. The summed E-state index contributed by atoms with van der Waals surface area (Å²) in [5.74, 6) is 0.620. The standard InChI is InChI=1S/C55H36N2O2Si/c1-4-14-38(15-5-1)55-56-49-31-29-37-27-26-36-28-30-41(34-47(36)53(37)54(49)59-55)57(50-24-12-16-39-32-52-48(35-46(39)50)45-23-10-11-25-51(45)58-52)40-17-13-22-44(33-40)60(42-18-6-2-7-19-42)43-20-8-3-9-21-43/h1-35,60H. The van der Waals surface area contributed by atoms with Crippen molar-refractivity contribution in [2.24, 2.45) is 0 Å². The number of hydrogen-bond acceptors (Lipinski definition) is 4. The van der Waals surface area contributed by atoms with Crippen molar-refractivity contribution >= 4 is 107 Å². The first kappa shape index (κ1) is 34.3. The van der Waals surface area contributed by atoms with E-state index in [1.807, 2.05) is 42.5 Å². The second kappa shape index (κ2) is 14.0. The molecule has 10 aromatic carbocycles. The van der Waals surface area contributed by atoms with E-state index in [1.165, 1.54) is 15.6 Å². The van der Waals surface area contributed by atoms with Crippen LogP contribution in [0.1, 0.15) is 0 Å². The van der Waals surface area contributed by atoms with E-state index in [4.69, 9.17) is 13.8 Å². The highest BCUT2D eigenvalue weighted by molar-refractivity contribution is 6.95. The topological polar surface area (TPSA) is 42.4 Å². The molecule has 2 heterocycles. The number of rotatable bonds is 7. The molecule has 0 aliphatic carbocycles. The Morgan fingerprint density at radius 3 is 1.88 bits per heavy atom. The Labute approximate surface area is 347 Å². The maximum absolute atomic E-state index is 6.67. The van der Waals surface area contributed by atoms with Gasteiger partial charge >= 0.3 is 0 Å². The predicted molar refractivity (Wildman–Crippen MR) is 253 cm³/mol. The van der Waals surface area contributed by atoms with Gasteiger partial charge in [0.1, 0.15) is 25.5 Å². The number of benzene rings is 10. The Hall–Kier alpha value is -7.73. The molecule has 0 saturated heterocycles. The molecule has 0 bridgehead atoms. The zero-order chi connectivity index (χ0) is 39.6. The Morgan fingerprint density at radius 2 is 1.07 bits per heavy atom. The summed E-state index contributed by atoms with van der Waals surface area (Å²) in [6.45, 7) is 0. The second-order valence-corrected chi connectivity index (χ2v) is 18.4. The Kier molecular flexibility index (Phi) is 8.00. The van der Waals surface area contributed by atoms with Gasteiger partial charge in [-0.1, -0.05) is 161 Å². The van der Waals surface area contributed by atoms with Crippen molar-refractivity contribution in [1.29, 1.82) is 0 Å². The molecular weight excluding hydrogens is 749 g/mol. The monoisotopic (exact) mass is 784 g/mol. The number of anilines is 3. The van der Waals surface area contributed by atoms with Crippen LogP contribution in [0.3, 0.4) is 0 Å². The van der Waals surface area contributed by atoms with E-state index in [2.05, 4.69) is 175 Å². The van der Waals surface area contributed by atoms with Gasteiger partial charge in [0.2, 0.25) is 5.89 Å². The Bertz CT molecular complexity index is 3520. The Morgan fingerprint density at radius 1 is 0.400 bits per heavy atom. The van der Waals surface area contributed by atoms with Gasteiger partial charge in [0.05, 0.1) is 5.69 Å². The summed E-state index contributed by atoms with van der Waals surface area (Å²) in [5, 5.41) is 13.0. The molecule has 0 fully saturated rings. The van der Waals surface area contributed by atoms with Crippen LogP contribution in [0.5, 0.6) is 0 Å². The average Bonchev–Trinajstić information content (AvgIpc) is 3.91. The van der Waals surface area contributed by atoms with Crippen molar-refractivity contribution in [2.45, 2.75) is 0 Å². The van der Waals surface area contributed by atoms with E-state index >= 15 is 0 Å². The van der Waals surface area contributed by atoms with Gasteiger partial charge in [-0.3, -0.25) is 0 Å². The van der Waals surface area contributed by atoms with Crippen LogP contribution in [-0.2, 0) is 0 Å². The molecule has 2 aromatic heterocycles. The van der Waals surface area contributed by atoms with Gasteiger partial charge in [0.25, 0.3) is 0 Å². The molecule has 0 unspecified atom stereocenters. The van der Waals surface area contributed by atoms with E-state index in [1.54, 1.807) is 0 Å². The summed E-state index contributed by atoms with van der Waals surface area (Å²) in [6.07, 6.45) is 0. The third-order valence-electron chi connectivity index (χ3n) is 11.9. The van der Waals surface area contributed by atoms with Gasteiger partial charge in [0, 0.05) is 38.5 Å². The number of fused-ring (bicyclic) bond motifs is 9. The van der Waals surface area contributed by atoms with Crippen molar-refractivity contribution < 1.29 is 8.83 Å². The maximum Gasteiger partial charge on any atom is 0.227 e. The summed E-state index contributed by atoms with van der Waals surface area (Å²) in [4.78, 5) is 7.40. The minimum absolute atomic E-state index is 0.620. The molecule has 12 aromatic rings. The number of furan rings is 1. The van der Waals surface area contributed by atoms with Crippen LogP contribution < -0.4 is 20.5 Å². The van der Waals surface area contributed by atoms with Gasteiger partial charge in [-0.2, -0.15) is 0 Å². The SMILES string of the molecule is c1ccc(-c2nc3ccc4ccc5ccc(N(c6cccc([SiH](c7ccccc7)c7ccccc7)c6)c6cccc7cc8oc9ccccc9c8cc67)cc5c4c3o2)cc1. The molecule has 0 N–H and O–H groups in total. The van der Waals surface area contributed by atoms with E-state index in [0.29, 0.717) is 5.89 Å². The first-order valence-electron chi connectivity index (χ1n) is 20.4. The maximum atomic E-state index is 6.67. The lowest BCUT2D eigenvalue weighted by Gasteiger charge is -2.28. The van der Waals surface area contributed by atoms with Crippen LogP contribution in [-0.4, -0.2) is 13.8 Å². The molecule has 0 spiro atoms. The highest BCUT2D eigenvalue weighted by Crippen LogP contribution is 2.43. The summed E-state index contributed by atoms with van der Waals surface area (Å²) in [6, 6.07) is 76.3. The van der Waals surface area contributed by atoms with Crippen LogP contribution in [0.4, 0.5) is 17.1 Å². The molecule has 0 saturated carbocycles. The molecule has 5 heteroatoms. The molecule has 0 aliphatic heterocycles. The fourth-order valence-corrected chi connectivity index (χ4v) is 12.2. The van der Waals surface area contributed by atoms with Crippen molar-refractivity contribution in [3.8, 4) is 11.5 Å². The van der Waals surface area contributed by atoms with Crippen molar-refractivity contribution in [3.63, 3.8) is 0 Å². The molecule has 0 aliphatic rings. The van der Waals surface area contributed by atoms with Crippen molar-refractivity contribution in [3.05, 3.63) is 212 Å². The van der Waals surface area contributed by atoms with E-state index < -0.39 is 8.80 Å². The van der Waals surface area contributed by atoms with Crippen LogP contribution in [0, 0.1) is 0 Å². The normalized spacial score (nSPS) is 11.8. The number of nitrogens with zero attached hydrogens (tertiary/aromatic N) is 2. The highest BCUT2D eigenvalue weighted by atomic mass is 28.3. The van der Waals surface area contributed by atoms with E-state index in [0.717, 1.165) is 88.0 Å². The second-order valence-electron chi connectivity index (χ2n) is 15.5. The van der Waals surface area contributed by atoms with Gasteiger partial charge in [-0.15, -0.1) is 0 Å². The van der Waals surface area contributed by atoms with E-state index in [-0.39, 0.29) is 0 Å². The van der Waals surface area contributed by atoms with Gasteiger partial charge in [-0.25, -0.2) is 4.98 Å². The molecular formula is C55H36N2O2Si. The first-order valence-corrected chi connectivity index (χ1v) is 22.1. The number of oxazole rings is 1. The van der Waals surface area contributed by atoms with Crippen molar-refractivity contribution in [1.82, 2.24) is 4.98 Å². The molecule has 0 atom stereocenters. The third kappa shape index (κ3) is 5.70. The number of hydrogen-bond donors (Lipinski definition) is 0. The molecule has 0 radical (unpaired) electrons.